The van der Waals surface area contributed by atoms with E-state index in [0.717, 1.165) is 22.4 Å². The Hall–Kier alpha value is -3.47. The fraction of sp³-hybridized carbons (Fsp3) is 0.208. The van der Waals surface area contributed by atoms with Gasteiger partial charge in [0.1, 0.15) is 0 Å². The van der Waals surface area contributed by atoms with E-state index in [2.05, 4.69) is 10.6 Å². The first-order valence-corrected chi connectivity index (χ1v) is 9.48. The number of carbonyl (C=O) groups excluding carboxylic acids is 1. The molecule has 5 nitrogen and oxygen atoms in total. The average molecular weight is 390 g/mol. The van der Waals surface area contributed by atoms with Crippen LogP contribution in [0.3, 0.4) is 0 Å². The zero-order chi connectivity index (χ0) is 20.6. The number of hydrogen-bond donors (Lipinski definition) is 2. The van der Waals surface area contributed by atoms with Crippen molar-refractivity contribution in [1.29, 1.82) is 0 Å². The Labute approximate surface area is 171 Å². The maximum atomic E-state index is 12.7. The number of carbonyl (C=O) groups is 1. The van der Waals surface area contributed by atoms with E-state index >= 15 is 0 Å². The Bertz CT molecular complexity index is 904. The van der Waals surface area contributed by atoms with Gasteiger partial charge >= 0.3 is 0 Å². The topological polar surface area (TPSA) is 59.6 Å². The summed E-state index contributed by atoms with van der Waals surface area (Å²) in [7, 11) is 3.19. The lowest BCUT2D eigenvalue weighted by Gasteiger charge is -2.20. The number of ether oxygens (including phenoxy) is 2. The molecule has 29 heavy (non-hydrogen) atoms. The molecule has 0 aliphatic carbocycles. The van der Waals surface area contributed by atoms with Crippen LogP contribution in [0.4, 0.5) is 5.69 Å². The predicted octanol–water partition coefficient (Wildman–Crippen LogP) is 4.33. The number of nitrogens with one attached hydrogen (secondary N) is 2. The second-order valence-corrected chi connectivity index (χ2v) is 6.70. The third-order valence-corrected chi connectivity index (χ3v) is 4.74. The van der Waals surface area contributed by atoms with Gasteiger partial charge in [0.05, 0.1) is 26.8 Å². The Balaban J connectivity index is 1.73. The molecular formula is C24H26N2O3. The van der Waals surface area contributed by atoms with Crippen LogP contribution in [0.2, 0.25) is 0 Å². The summed E-state index contributed by atoms with van der Waals surface area (Å²) in [6.07, 6.45) is 0. The van der Waals surface area contributed by atoms with Gasteiger partial charge in [0.15, 0.2) is 11.5 Å². The second-order valence-electron chi connectivity index (χ2n) is 6.70. The molecule has 0 aromatic heterocycles. The van der Waals surface area contributed by atoms with Crippen LogP contribution in [0.5, 0.6) is 11.5 Å². The van der Waals surface area contributed by atoms with Gasteiger partial charge in [-0.25, -0.2) is 0 Å². The van der Waals surface area contributed by atoms with Gasteiger partial charge in [-0.3, -0.25) is 4.79 Å². The Morgan fingerprint density at radius 3 is 1.90 bits per heavy atom. The lowest BCUT2D eigenvalue weighted by atomic mass is 9.99. The van der Waals surface area contributed by atoms with E-state index < -0.39 is 0 Å². The second kappa shape index (κ2) is 9.64. The fourth-order valence-electron chi connectivity index (χ4n) is 3.21. The van der Waals surface area contributed by atoms with Crippen LogP contribution >= 0.6 is 0 Å². The van der Waals surface area contributed by atoms with E-state index in [4.69, 9.17) is 9.47 Å². The van der Waals surface area contributed by atoms with Gasteiger partial charge in [-0.15, -0.1) is 0 Å². The van der Waals surface area contributed by atoms with Gasteiger partial charge in [-0.05, 0) is 29.7 Å². The Morgan fingerprint density at radius 2 is 1.38 bits per heavy atom. The Kier molecular flexibility index (Phi) is 6.74. The van der Waals surface area contributed by atoms with E-state index in [0.29, 0.717) is 11.5 Å². The highest BCUT2D eigenvalue weighted by Gasteiger charge is 2.17. The lowest BCUT2D eigenvalue weighted by molar-refractivity contribution is -0.119. The largest absolute Gasteiger partial charge is 0.493 e. The van der Waals surface area contributed by atoms with Crippen molar-refractivity contribution < 1.29 is 14.3 Å². The molecule has 0 saturated carbocycles. The van der Waals surface area contributed by atoms with Crippen LogP contribution in [0.25, 0.3) is 0 Å². The normalized spacial score (nSPS) is 10.5. The Morgan fingerprint density at radius 1 is 0.862 bits per heavy atom. The third-order valence-electron chi connectivity index (χ3n) is 4.74. The van der Waals surface area contributed by atoms with Crippen molar-refractivity contribution in [2.24, 2.45) is 0 Å². The molecule has 5 heteroatoms. The molecule has 0 spiro atoms. The van der Waals surface area contributed by atoms with Gasteiger partial charge in [0.2, 0.25) is 5.91 Å². The molecule has 0 radical (unpaired) electrons. The van der Waals surface area contributed by atoms with E-state index in [1.165, 1.54) is 0 Å². The third kappa shape index (κ3) is 5.08. The first kappa shape index (κ1) is 20.3. The molecule has 2 N–H and O–H groups in total. The van der Waals surface area contributed by atoms with Crippen LogP contribution in [0.1, 0.15) is 22.7 Å². The van der Waals surface area contributed by atoms with E-state index in [-0.39, 0.29) is 18.5 Å². The zero-order valence-corrected chi connectivity index (χ0v) is 16.9. The molecule has 0 heterocycles. The van der Waals surface area contributed by atoms with Crippen molar-refractivity contribution >= 4 is 11.6 Å². The molecule has 3 rings (SSSR count). The van der Waals surface area contributed by atoms with E-state index in [9.17, 15) is 4.79 Å². The summed E-state index contributed by atoms with van der Waals surface area (Å²) in [6, 6.07) is 23.4. The monoisotopic (exact) mass is 390 g/mol. The molecular weight excluding hydrogens is 364 g/mol. The summed E-state index contributed by atoms with van der Waals surface area (Å²) < 4.78 is 10.7. The molecule has 0 aliphatic rings. The van der Waals surface area contributed by atoms with Crippen LogP contribution < -0.4 is 20.1 Å². The molecule has 0 aliphatic heterocycles. The zero-order valence-electron chi connectivity index (χ0n) is 16.9. The van der Waals surface area contributed by atoms with Crippen LogP contribution in [0, 0.1) is 6.92 Å². The summed E-state index contributed by atoms with van der Waals surface area (Å²) in [5.74, 6) is 1.18. The summed E-state index contributed by atoms with van der Waals surface area (Å²) in [5.41, 5.74) is 3.87. The van der Waals surface area contributed by atoms with Gasteiger partial charge < -0.3 is 20.1 Å². The highest BCUT2D eigenvalue weighted by molar-refractivity contribution is 5.82. The number of aryl methyl sites for hydroxylation is 1. The number of anilines is 1. The maximum absolute atomic E-state index is 12.7. The molecule has 3 aromatic carbocycles. The van der Waals surface area contributed by atoms with Crippen molar-refractivity contribution in [3.05, 3.63) is 89.5 Å². The van der Waals surface area contributed by atoms with Crippen LogP contribution in [-0.4, -0.2) is 26.7 Å². The molecule has 150 valence electrons. The first-order valence-electron chi connectivity index (χ1n) is 9.48. The van der Waals surface area contributed by atoms with Crippen molar-refractivity contribution in [1.82, 2.24) is 5.32 Å². The molecule has 0 atom stereocenters. The van der Waals surface area contributed by atoms with Crippen LogP contribution in [0.15, 0.2) is 72.8 Å². The standard InChI is InChI=1S/C24H26N2O3/c1-17-14-21(28-2)22(29-3)15-20(17)25-16-23(27)26-24(18-10-6-4-7-11-18)19-12-8-5-9-13-19/h4-15,24-25H,16H2,1-3H3,(H,26,27). The van der Waals surface area contributed by atoms with Crippen molar-refractivity contribution in [2.45, 2.75) is 13.0 Å². The minimum absolute atomic E-state index is 0.100. The van der Waals surface area contributed by atoms with Crippen LogP contribution in [-0.2, 0) is 4.79 Å². The van der Waals surface area contributed by atoms with E-state index in [1.807, 2.05) is 79.7 Å². The molecule has 0 unspecified atom stereocenters. The highest BCUT2D eigenvalue weighted by Crippen LogP contribution is 2.32. The smallest absolute Gasteiger partial charge is 0.240 e. The van der Waals surface area contributed by atoms with Gasteiger partial charge in [-0.1, -0.05) is 60.7 Å². The molecule has 0 saturated heterocycles. The quantitative estimate of drug-likeness (QED) is 0.601. The van der Waals surface area contributed by atoms with Gasteiger partial charge in [-0.2, -0.15) is 0 Å². The number of rotatable bonds is 8. The first-order chi connectivity index (χ1) is 14.1. The highest BCUT2D eigenvalue weighted by atomic mass is 16.5. The SMILES string of the molecule is COc1cc(C)c(NCC(=O)NC(c2ccccc2)c2ccccc2)cc1OC. The van der Waals surface area contributed by atoms with Crippen molar-refractivity contribution in [3.8, 4) is 11.5 Å². The van der Waals surface area contributed by atoms with Gasteiger partial charge in [0, 0.05) is 11.8 Å². The molecule has 0 bridgehead atoms. The summed E-state index contributed by atoms with van der Waals surface area (Å²) >= 11 is 0. The minimum Gasteiger partial charge on any atom is -0.493 e. The van der Waals surface area contributed by atoms with E-state index in [1.54, 1.807) is 14.2 Å². The number of methoxy groups -OCH3 is 2. The predicted molar refractivity (Wildman–Crippen MR) is 116 cm³/mol. The summed E-state index contributed by atoms with van der Waals surface area (Å²) in [6.45, 7) is 2.10. The summed E-state index contributed by atoms with van der Waals surface area (Å²) in [5, 5.41) is 6.33. The van der Waals surface area contributed by atoms with Crippen molar-refractivity contribution in [3.63, 3.8) is 0 Å². The van der Waals surface area contributed by atoms with Crippen molar-refractivity contribution in [2.75, 3.05) is 26.1 Å². The van der Waals surface area contributed by atoms with Gasteiger partial charge in [0.25, 0.3) is 0 Å². The fourth-order valence-corrected chi connectivity index (χ4v) is 3.21. The average Bonchev–Trinajstić information content (AvgIpc) is 2.77. The maximum Gasteiger partial charge on any atom is 0.240 e. The summed E-state index contributed by atoms with van der Waals surface area (Å²) in [4.78, 5) is 12.7. The molecule has 1 amide bonds. The number of hydrogen-bond acceptors (Lipinski definition) is 4. The molecule has 0 fully saturated rings. The lowest BCUT2D eigenvalue weighted by Crippen LogP contribution is -2.34. The molecule has 3 aromatic rings. The minimum atomic E-state index is -0.210. The number of benzene rings is 3. The number of amides is 1.